The summed E-state index contributed by atoms with van der Waals surface area (Å²) in [4.78, 5) is 0. The second-order valence-corrected chi connectivity index (χ2v) is 3.18. The monoisotopic (exact) mass is 198 g/mol. The Kier molecular flexibility index (Phi) is 3.24. The first-order chi connectivity index (χ1) is 6.09. The van der Waals surface area contributed by atoms with Crippen molar-refractivity contribution >= 4 is 28.2 Å². The number of rotatable bonds is 2. The summed E-state index contributed by atoms with van der Waals surface area (Å²) in [6.45, 7) is 0. The van der Waals surface area contributed by atoms with E-state index in [9.17, 15) is 8.42 Å². The first kappa shape index (κ1) is 9.98. The summed E-state index contributed by atoms with van der Waals surface area (Å²) in [6, 6.07) is 5.99. The lowest BCUT2D eigenvalue weighted by atomic mass is 9.80. The molecule has 0 unspecified atom stereocenters. The Morgan fingerprint density at radius 1 is 1.31 bits per heavy atom. The van der Waals surface area contributed by atoms with Gasteiger partial charge in [0.2, 0.25) is 10.3 Å². The van der Waals surface area contributed by atoms with Crippen molar-refractivity contribution in [3.05, 3.63) is 29.8 Å². The van der Waals surface area contributed by atoms with Crippen LogP contribution in [-0.2, 0) is 10.3 Å². The van der Waals surface area contributed by atoms with Crippen LogP contribution in [0, 0.1) is 0 Å². The highest BCUT2D eigenvalue weighted by Gasteiger charge is 2.09. The van der Waals surface area contributed by atoms with Crippen LogP contribution in [0.2, 0.25) is 0 Å². The molecule has 13 heavy (non-hydrogen) atoms. The molecule has 0 aliphatic carbocycles. The Morgan fingerprint density at radius 2 is 2.00 bits per heavy atom. The Labute approximate surface area is 77.1 Å². The van der Waals surface area contributed by atoms with Crippen molar-refractivity contribution < 1.29 is 18.5 Å². The van der Waals surface area contributed by atoms with Crippen LogP contribution in [0.15, 0.2) is 24.3 Å². The fourth-order valence-corrected chi connectivity index (χ4v) is 1.27. The third kappa shape index (κ3) is 3.02. The smallest absolute Gasteiger partial charge is 0.423 e. The highest BCUT2D eigenvalue weighted by atomic mass is 32.2. The van der Waals surface area contributed by atoms with E-state index in [2.05, 4.69) is 0 Å². The van der Waals surface area contributed by atoms with E-state index in [1.807, 2.05) is 0 Å². The van der Waals surface area contributed by atoms with Crippen molar-refractivity contribution in [1.29, 1.82) is 0 Å². The van der Waals surface area contributed by atoms with Crippen molar-refractivity contribution in [2.75, 3.05) is 0 Å². The summed E-state index contributed by atoms with van der Waals surface area (Å²) in [6.07, 6.45) is 0. The van der Waals surface area contributed by atoms with Crippen LogP contribution in [0.5, 0.6) is 0 Å². The Hall–Kier alpha value is -1.11. The molecule has 0 saturated carbocycles. The van der Waals surface area contributed by atoms with Gasteiger partial charge in [-0.25, -0.2) is 0 Å². The van der Waals surface area contributed by atoms with Gasteiger partial charge in [-0.2, -0.15) is 8.42 Å². The van der Waals surface area contributed by atoms with Gasteiger partial charge < -0.3 is 10.0 Å². The molecular formula is C7H7BO4S. The maximum Gasteiger partial charge on any atom is 0.488 e. The van der Waals surface area contributed by atoms with Crippen LogP contribution in [0.1, 0.15) is 5.56 Å². The third-order valence-corrected chi connectivity index (χ3v) is 1.91. The van der Waals surface area contributed by atoms with Crippen LogP contribution in [0.25, 0.3) is 0 Å². The maximum atomic E-state index is 10.3. The lowest BCUT2D eigenvalue weighted by Gasteiger charge is -1.98. The summed E-state index contributed by atoms with van der Waals surface area (Å²) < 4.78 is 20.5. The SMILES string of the molecule is O=S(=O)=Cc1cccc(B(O)O)c1. The topological polar surface area (TPSA) is 74.6 Å². The quantitative estimate of drug-likeness (QED) is 0.443. The molecule has 0 bridgehead atoms. The van der Waals surface area contributed by atoms with Crippen LogP contribution in [0.4, 0.5) is 0 Å². The molecule has 1 aromatic rings. The summed E-state index contributed by atoms with van der Waals surface area (Å²) in [5.41, 5.74) is 0.679. The van der Waals surface area contributed by atoms with E-state index >= 15 is 0 Å². The third-order valence-electron chi connectivity index (χ3n) is 1.44. The molecule has 0 saturated heterocycles. The lowest BCUT2D eigenvalue weighted by molar-refractivity contribution is 0.426. The molecule has 0 heterocycles. The van der Waals surface area contributed by atoms with Crippen molar-refractivity contribution in [1.82, 2.24) is 0 Å². The highest BCUT2D eigenvalue weighted by Crippen LogP contribution is 1.92. The van der Waals surface area contributed by atoms with Crippen LogP contribution >= 0.6 is 0 Å². The van der Waals surface area contributed by atoms with Crippen molar-refractivity contribution in [3.8, 4) is 0 Å². The summed E-state index contributed by atoms with van der Waals surface area (Å²) in [7, 11) is -3.85. The van der Waals surface area contributed by atoms with E-state index in [0.29, 0.717) is 5.56 Å². The van der Waals surface area contributed by atoms with Gasteiger partial charge in [-0.1, -0.05) is 24.3 Å². The number of benzene rings is 1. The molecule has 1 aromatic carbocycles. The predicted molar refractivity (Wildman–Crippen MR) is 50.4 cm³/mol. The number of hydrogen-bond donors (Lipinski definition) is 2. The Balaban J connectivity index is 3.13. The molecule has 1 rings (SSSR count). The van der Waals surface area contributed by atoms with Gasteiger partial charge in [0.15, 0.2) is 0 Å². The standard InChI is InChI=1S/C7H7BO4S/c9-8(10)7-3-1-2-6(4-7)5-13(11)12/h1-5,9-10H. The fourth-order valence-electron chi connectivity index (χ4n) is 0.904. The summed E-state index contributed by atoms with van der Waals surface area (Å²) >= 11 is 0. The second kappa shape index (κ2) is 4.22. The molecule has 0 spiro atoms. The number of hydrogen-bond acceptors (Lipinski definition) is 4. The van der Waals surface area contributed by atoms with E-state index in [1.54, 1.807) is 12.1 Å². The molecule has 68 valence electrons. The van der Waals surface area contributed by atoms with Crippen molar-refractivity contribution in [2.24, 2.45) is 0 Å². The highest BCUT2D eigenvalue weighted by molar-refractivity contribution is 7.71. The molecule has 0 atom stereocenters. The zero-order valence-corrected chi connectivity index (χ0v) is 7.40. The zero-order valence-electron chi connectivity index (χ0n) is 6.58. The van der Waals surface area contributed by atoms with Gasteiger partial charge in [0.25, 0.3) is 0 Å². The van der Waals surface area contributed by atoms with E-state index in [-0.39, 0.29) is 5.46 Å². The average molecular weight is 198 g/mol. The van der Waals surface area contributed by atoms with E-state index in [4.69, 9.17) is 10.0 Å². The Morgan fingerprint density at radius 3 is 2.54 bits per heavy atom. The van der Waals surface area contributed by atoms with Crippen LogP contribution in [0.3, 0.4) is 0 Å². The van der Waals surface area contributed by atoms with Gasteiger partial charge in [0.1, 0.15) is 0 Å². The minimum Gasteiger partial charge on any atom is -0.423 e. The van der Waals surface area contributed by atoms with Gasteiger partial charge in [0.05, 0.1) is 5.37 Å². The first-order valence-corrected chi connectivity index (χ1v) is 4.62. The van der Waals surface area contributed by atoms with Gasteiger partial charge in [0, 0.05) is 0 Å². The van der Waals surface area contributed by atoms with E-state index in [0.717, 1.165) is 5.37 Å². The van der Waals surface area contributed by atoms with Crippen LogP contribution in [-0.4, -0.2) is 31.0 Å². The fraction of sp³-hybridized carbons (Fsp3) is 0. The average Bonchev–Trinajstić information content (AvgIpc) is 2.03. The minimum atomic E-state index is -2.28. The molecule has 0 aliphatic heterocycles. The van der Waals surface area contributed by atoms with Crippen molar-refractivity contribution in [2.45, 2.75) is 0 Å². The van der Waals surface area contributed by atoms with Crippen molar-refractivity contribution in [3.63, 3.8) is 0 Å². The molecule has 2 N–H and O–H groups in total. The van der Waals surface area contributed by atoms with E-state index in [1.165, 1.54) is 12.1 Å². The predicted octanol–water partition coefficient (Wildman–Crippen LogP) is -1.60. The normalized spacial score (nSPS) is 9.38. The van der Waals surface area contributed by atoms with Gasteiger partial charge in [-0.3, -0.25) is 0 Å². The summed E-state index contributed by atoms with van der Waals surface area (Å²) in [5, 5.41) is 18.5. The molecule has 0 aromatic heterocycles. The maximum absolute atomic E-state index is 10.3. The molecule has 6 heteroatoms. The molecule has 0 amide bonds. The second-order valence-electron chi connectivity index (χ2n) is 2.42. The summed E-state index contributed by atoms with van der Waals surface area (Å²) in [5.74, 6) is 0. The van der Waals surface area contributed by atoms with Gasteiger partial charge in [-0.05, 0) is 11.0 Å². The molecule has 4 nitrogen and oxygen atoms in total. The largest absolute Gasteiger partial charge is 0.488 e. The van der Waals surface area contributed by atoms with Crippen LogP contribution < -0.4 is 5.46 Å². The van der Waals surface area contributed by atoms with Gasteiger partial charge >= 0.3 is 7.12 Å². The van der Waals surface area contributed by atoms with Gasteiger partial charge in [-0.15, -0.1) is 0 Å². The minimum absolute atomic E-state index is 0.263. The first-order valence-electron chi connectivity index (χ1n) is 3.48. The molecular weight excluding hydrogens is 191 g/mol. The van der Waals surface area contributed by atoms with E-state index < -0.39 is 17.4 Å². The zero-order chi connectivity index (χ0) is 9.84. The lowest BCUT2D eigenvalue weighted by Crippen LogP contribution is -2.29. The molecule has 0 radical (unpaired) electrons. The molecule has 0 fully saturated rings. The Bertz CT molecular complexity index is 416. The molecule has 0 aliphatic rings.